The van der Waals surface area contributed by atoms with Crippen LogP contribution in [-0.2, 0) is 0 Å². The van der Waals surface area contributed by atoms with E-state index < -0.39 is 5.82 Å². The molecule has 0 atom stereocenters. The van der Waals surface area contributed by atoms with Gasteiger partial charge in [-0.05, 0) is 37.9 Å². The van der Waals surface area contributed by atoms with Gasteiger partial charge in [0.2, 0.25) is 5.28 Å². The number of aromatic nitrogens is 4. The Morgan fingerprint density at radius 3 is 2.80 bits per heavy atom. The molecule has 0 N–H and O–H groups in total. The smallest absolute Gasteiger partial charge is 0.223 e. The van der Waals surface area contributed by atoms with Gasteiger partial charge in [-0.25, -0.2) is 19.3 Å². The highest BCUT2D eigenvalue weighted by atomic mass is 35.5. The Morgan fingerprint density at radius 2 is 2.10 bits per heavy atom. The summed E-state index contributed by atoms with van der Waals surface area (Å²) in [4.78, 5) is 13.8. The molecule has 3 aromatic heterocycles. The molecule has 0 bridgehead atoms. The molecule has 3 heterocycles. The molecule has 0 aromatic carbocycles. The summed E-state index contributed by atoms with van der Waals surface area (Å²) >= 11 is 7.24. The maximum atomic E-state index is 13.9. The van der Waals surface area contributed by atoms with E-state index in [0.29, 0.717) is 6.04 Å². The lowest BCUT2D eigenvalue weighted by atomic mass is 10.2. The number of thiophene rings is 1. The molecule has 0 aliphatic heterocycles. The van der Waals surface area contributed by atoms with Crippen molar-refractivity contribution in [2.75, 3.05) is 0 Å². The second-order valence-corrected chi connectivity index (χ2v) is 6.13. The van der Waals surface area contributed by atoms with Crippen molar-refractivity contribution in [2.45, 2.75) is 26.8 Å². The van der Waals surface area contributed by atoms with Crippen molar-refractivity contribution in [3.05, 3.63) is 29.2 Å². The van der Waals surface area contributed by atoms with Crippen LogP contribution in [0.1, 0.15) is 25.5 Å². The van der Waals surface area contributed by atoms with Gasteiger partial charge in [-0.2, -0.15) is 0 Å². The van der Waals surface area contributed by atoms with E-state index in [4.69, 9.17) is 11.6 Å². The van der Waals surface area contributed by atoms with Crippen LogP contribution in [0.15, 0.2) is 12.5 Å². The van der Waals surface area contributed by atoms with Crippen molar-refractivity contribution in [2.24, 2.45) is 0 Å². The molecule has 0 fully saturated rings. The first-order chi connectivity index (χ1) is 9.49. The second-order valence-electron chi connectivity index (χ2n) is 4.79. The Hall–Kier alpha value is -1.53. The van der Waals surface area contributed by atoms with Gasteiger partial charge in [0.05, 0.1) is 17.4 Å². The molecule has 0 amide bonds. The molecular formula is C13H12ClFN4S. The fourth-order valence-corrected chi connectivity index (χ4v) is 3.57. The van der Waals surface area contributed by atoms with Gasteiger partial charge in [0.25, 0.3) is 0 Å². The summed E-state index contributed by atoms with van der Waals surface area (Å²) in [7, 11) is 0. The average Bonchev–Trinajstić information content (AvgIpc) is 2.93. The average molecular weight is 311 g/mol. The third kappa shape index (κ3) is 1.99. The van der Waals surface area contributed by atoms with E-state index in [1.807, 2.05) is 13.3 Å². The Kier molecular flexibility index (Phi) is 3.22. The summed E-state index contributed by atoms with van der Waals surface area (Å²) in [5.74, 6) is -0.475. The Balaban J connectivity index is 2.27. The molecule has 3 aromatic rings. The van der Waals surface area contributed by atoms with E-state index in [-0.39, 0.29) is 11.0 Å². The minimum absolute atomic E-state index is 0.0403. The van der Waals surface area contributed by atoms with Gasteiger partial charge in [-0.3, -0.25) is 0 Å². The number of halogens is 2. The summed E-state index contributed by atoms with van der Waals surface area (Å²) < 4.78 is 16.0. The standard InChI is InChI=1S/C13H12ClFN4S/c1-6(2)19-5-17-9-7(3)11(20-12(9)19)10-8(15)4-16-13(14)18-10/h4-6H,1-3H3. The zero-order valence-electron chi connectivity index (χ0n) is 11.2. The third-order valence-electron chi connectivity index (χ3n) is 3.13. The fraction of sp³-hybridized carbons (Fsp3) is 0.308. The normalized spacial score (nSPS) is 11.7. The number of aryl methyl sites for hydroxylation is 1. The van der Waals surface area contributed by atoms with Crippen molar-refractivity contribution in [1.82, 2.24) is 19.5 Å². The monoisotopic (exact) mass is 310 g/mol. The summed E-state index contributed by atoms with van der Waals surface area (Å²) in [6.07, 6.45) is 2.91. The zero-order valence-corrected chi connectivity index (χ0v) is 12.8. The maximum Gasteiger partial charge on any atom is 0.223 e. The van der Waals surface area contributed by atoms with Crippen LogP contribution in [0.5, 0.6) is 0 Å². The van der Waals surface area contributed by atoms with Crippen LogP contribution in [0, 0.1) is 12.7 Å². The van der Waals surface area contributed by atoms with Gasteiger partial charge in [0.1, 0.15) is 16.0 Å². The predicted octanol–water partition coefficient (Wildman–Crippen LogP) is 4.24. The molecule has 0 spiro atoms. The van der Waals surface area contributed by atoms with Crippen molar-refractivity contribution >= 4 is 33.3 Å². The van der Waals surface area contributed by atoms with Gasteiger partial charge < -0.3 is 4.57 Å². The zero-order chi connectivity index (χ0) is 14.4. The highest BCUT2D eigenvalue weighted by molar-refractivity contribution is 7.22. The first kappa shape index (κ1) is 13.5. The molecule has 20 heavy (non-hydrogen) atoms. The number of rotatable bonds is 2. The number of nitrogens with zero attached hydrogens (tertiary/aromatic N) is 4. The number of fused-ring (bicyclic) bond motifs is 1. The molecule has 104 valence electrons. The molecule has 3 rings (SSSR count). The quantitative estimate of drug-likeness (QED) is 0.665. The maximum absolute atomic E-state index is 13.9. The van der Waals surface area contributed by atoms with Crippen molar-refractivity contribution in [3.63, 3.8) is 0 Å². The van der Waals surface area contributed by atoms with Crippen molar-refractivity contribution in [1.29, 1.82) is 0 Å². The summed E-state index contributed by atoms with van der Waals surface area (Å²) in [6.45, 7) is 6.08. The van der Waals surface area contributed by atoms with E-state index in [0.717, 1.165) is 27.0 Å². The molecule has 0 unspecified atom stereocenters. The van der Waals surface area contributed by atoms with Crippen LogP contribution in [0.2, 0.25) is 5.28 Å². The molecule has 0 aliphatic rings. The molecule has 0 saturated carbocycles. The van der Waals surface area contributed by atoms with Crippen LogP contribution in [-0.4, -0.2) is 19.5 Å². The Morgan fingerprint density at radius 1 is 1.35 bits per heavy atom. The minimum atomic E-state index is -0.475. The molecule has 4 nitrogen and oxygen atoms in total. The van der Waals surface area contributed by atoms with Crippen LogP contribution < -0.4 is 0 Å². The minimum Gasteiger partial charge on any atom is -0.320 e. The topological polar surface area (TPSA) is 43.6 Å². The Bertz CT molecular complexity index is 793. The van der Waals surface area contributed by atoms with Crippen LogP contribution in [0.3, 0.4) is 0 Å². The van der Waals surface area contributed by atoms with Gasteiger partial charge in [-0.15, -0.1) is 11.3 Å². The Labute approximate surface area is 124 Å². The molecule has 0 saturated heterocycles. The molecule has 7 heteroatoms. The highest BCUT2D eigenvalue weighted by Gasteiger charge is 2.20. The molecular weight excluding hydrogens is 299 g/mol. The van der Waals surface area contributed by atoms with Crippen molar-refractivity contribution < 1.29 is 4.39 Å². The molecule has 0 radical (unpaired) electrons. The predicted molar refractivity (Wildman–Crippen MR) is 78.7 cm³/mol. The first-order valence-corrected chi connectivity index (χ1v) is 7.32. The van der Waals surface area contributed by atoms with Crippen LogP contribution >= 0.6 is 22.9 Å². The van der Waals surface area contributed by atoms with Gasteiger partial charge in [0.15, 0.2) is 5.82 Å². The van der Waals surface area contributed by atoms with Crippen LogP contribution in [0.4, 0.5) is 4.39 Å². The van der Waals surface area contributed by atoms with Gasteiger partial charge in [-0.1, -0.05) is 0 Å². The van der Waals surface area contributed by atoms with Crippen LogP contribution in [0.25, 0.3) is 20.9 Å². The largest absolute Gasteiger partial charge is 0.320 e. The lowest BCUT2D eigenvalue weighted by Gasteiger charge is -2.05. The van der Waals surface area contributed by atoms with E-state index in [9.17, 15) is 4.39 Å². The first-order valence-electron chi connectivity index (χ1n) is 6.13. The van der Waals surface area contributed by atoms with Gasteiger partial charge >= 0.3 is 0 Å². The SMILES string of the molecule is Cc1c(-c2nc(Cl)ncc2F)sc2c1ncn2C(C)C. The lowest BCUT2D eigenvalue weighted by molar-refractivity contribution is 0.618. The summed E-state index contributed by atoms with van der Waals surface area (Å²) in [5, 5.41) is 0.0403. The summed E-state index contributed by atoms with van der Waals surface area (Å²) in [6, 6.07) is 0.296. The summed E-state index contributed by atoms with van der Waals surface area (Å²) in [5.41, 5.74) is 2.03. The van der Waals surface area contributed by atoms with E-state index in [1.54, 1.807) is 0 Å². The lowest BCUT2D eigenvalue weighted by Crippen LogP contribution is -1.96. The van der Waals surface area contributed by atoms with Gasteiger partial charge in [0, 0.05) is 6.04 Å². The second kappa shape index (κ2) is 4.79. The highest BCUT2D eigenvalue weighted by Crippen LogP contribution is 2.38. The third-order valence-corrected chi connectivity index (χ3v) is 4.61. The van der Waals surface area contributed by atoms with E-state index in [2.05, 4.69) is 33.4 Å². The van der Waals surface area contributed by atoms with E-state index in [1.165, 1.54) is 11.3 Å². The van der Waals surface area contributed by atoms with E-state index >= 15 is 0 Å². The molecule has 0 aliphatic carbocycles. The number of hydrogen-bond donors (Lipinski definition) is 0. The van der Waals surface area contributed by atoms with Crippen molar-refractivity contribution in [3.8, 4) is 10.6 Å². The number of imidazole rings is 1. The number of hydrogen-bond acceptors (Lipinski definition) is 4. The fourth-order valence-electron chi connectivity index (χ4n) is 2.09.